The molecular weight excluding hydrogens is 443 g/mol. The van der Waals surface area contributed by atoms with Crippen LogP contribution in [0.25, 0.3) is 5.82 Å². The van der Waals surface area contributed by atoms with Gasteiger partial charge in [0.05, 0.1) is 27.7 Å². The zero-order chi connectivity index (χ0) is 22.6. The van der Waals surface area contributed by atoms with E-state index in [1.54, 1.807) is 19.1 Å². The fourth-order valence-corrected chi connectivity index (χ4v) is 4.21. The monoisotopic (exact) mass is 464 g/mol. The quantitative estimate of drug-likeness (QED) is 0.567. The van der Waals surface area contributed by atoms with Crippen molar-refractivity contribution in [2.24, 2.45) is 4.36 Å². The van der Waals surface area contributed by atoms with Crippen LogP contribution in [0, 0.1) is 5.82 Å². The third-order valence-corrected chi connectivity index (χ3v) is 7.12. The Labute approximate surface area is 185 Å². The third kappa shape index (κ3) is 5.45. The van der Waals surface area contributed by atoms with Crippen molar-refractivity contribution in [1.82, 2.24) is 25.1 Å². The van der Waals surface area contributed by atoms with E-state index in [9.17, 15) is 13.4 Å². The van der Waals surface area contributed by atoms with E-state index in [0.717, 1.165) is 12.1 Å². The van der Waals surface area contributed by atoms with Gasteiger partial charge in [-0.3, -0.25) is 4.79 Å². The third-order valence-electron chi connectivity index (χ3n) is 4.56. The maximum absolute atomic E-state index is 13.5. The smallest absolute Gasteiger partial charge is 0.252 e. The Bertz CT molecular complexity index is 1170. The van der Waals surface area contributed by atoms with Crippen molar-refractivity contribution in [3.63, 3.8) is 0 Å². The minimum Gasteiger partial charge on any atom is -0.342 e. The summed E-state index contributed by atoms with van der Waals surface area (Å²) in [5.74, 6) is 0.718. The molecule has 0 unspecified atom stereocenters. The Kier molecular flexibility index (Phi) is 7.01. The normalized spacial score (nSPS) is 12.4. The van der Waals surface area contributed by atoms with E-state index < -0.39 is 27.5 Å². The van der Waals surface area contributed by atoms with Crippen molar-refractivity contribution >= 4 is 32.9 Å². The van der Waals surface area contributed by atoms with Crippen molar-refractivity contribution in [1.29, 1.82) is 0 Å². The molecule has 0 aliphatic rings. The van der Waals surface area contributed by atoms with E-state index in [-0.39, 0.29) is 10.6 Å². The van der Waals surface area contributed by atoms with Gasteiger partial charge in [0.2, 0.25) is 0 Å². The van der Waals surface area contributed by atoms with Crippen LogP contribution in [0.5, 0.6) is 0 Å². The van der Waals surface area contributed by atoms with Crippen molar-refractivity contribution in [3.8, 4) is 5.82 Å². The van der Waals surface area contributed by atoms with Gasteiger partial charge in [-0.2, -0.15) is 14.1 Å². The SMILES string of the molecule is CCS(=O)(CC)=Nc1ccc(-n2ncnc2[C@H](C)NC(=O)c2cc(F)cc(Cl)c2)nc1. The predicted octanol–water partition coefficient (Wildman–Crippen LogP) is 4.09. The highest BCUT2D eigenvalue weighted by Crippen LogP contribution is 2.19. The number of carbonyl (C=O) groups excluding carboxylic acids is 1. The predicted molar refractivity (Wildman–Crippen MR) is 118 cm³/mol. The Morgan fingerprint density at radius 3 is 2.61 bits per heavy atom. The van der Waals surface area contributed by atoms with Gasteiger partial charge in [-0.1, -0.05) is 25.4 Å². The molecule has 0 fully saturated rings. The first-order chi connectivity index (χ1) is 14.7. The molecule has 2 aromatic heterocycles. The summed E-state index contributed by atoms with van der Waals surface area (Å²) >= 11 is 5.83. The van der Waals surface area contributed by atoms with E-state index in [1.165, 1.54) is 23.3 Å². The molecule has 0 bridgehead atoms. The van der Waals surface area contributed by atoms with Gasteiger partial charge in [0.1, 0.15) is 12.1 Å². The number of pyridine rings is 1. The molecule has 1 amide bonds. The van der Waals surface area contributed by atoms with Gasteiger partial charge >= 0.3 is 0 Å². The van der Waals surface area contributed by atoms with Crippen LogP contribution in [0.4, 0.5) is 10.1 Å². The Morgan fingerprint density at radius 1 is 1.26 bits per heavy atom. The molecule has 0 radical (unpaired) electrons. The first-order valence-corrected chi connectivity index (χ1v) is 11.8. The number of hydrogen-bond acceptors (Lipinski definition) is 6. The maximum atomic E-state index is 13.5. The summed E-state index contributed by atoms with van der Waals surface area (Å²) in [6.07, 6.45) is 2.86. The van der Waals surface area contributed by atoms with Crippen molar-refractivity contribution in [2.45, 2.75) is 26.8 Å². The second-order valence-corrected chi connectivity index (χ2v) is 10.0. The average Bonchev–Trinajstić information content (AvgIpc) is 3.23. The van der Waals surface area contributed by atoms with Gasteiger partial charge in [-0.05, 0) is 37.3 Å². The molecule has 0 spiro atoms. The van der Waals surface area contributed by atoms with Crippen LogP contribution in [0.3, 0.4) is 0 Å². The van der Waals surface area contributed by atoms with Crippen LogP contribution >= 0.6 is 11.6 Å². The number of carbonyl (C=O) groups is 1. The number of rotatable bonds is 7. The van der Waals surface area contributed by atoms with Gasteiger partial charge in [0.15, 0.2) is 11.6 Å². The van der Waals surface area contributed by atoms with Gasteiger partial charge in [-0.15, -0.1) is 0 Å². The maximum Gasteiger partial charge on any atom is 0.252 e. The molecule has 1 aromatic carbocycles. The number of hydrogen-bond donors (Lipinski definition) is 1. The molecule has 31 heavy (non-hydrogen) atoms. The summed E-state index contributed by atoms with van der Waals surface area (Å²) < 4.78 is 31.9. The molecule has 8 nitrogen and oxygen atoms in total. The summed E-state index contributed by atoms with van der Waals surface area (Å²) in [6, 6.07) is 6.44. The zero-order valence-corrected chi connectivity index (χ0v) is 18.8. The van der Waals surface area contributed by atoms with E-state index in [2.05, 4.69) is 24.7 Å². The van der Waals surface area contributed by atoms with Crippen LogP contribution in [-0.2, 0) is 9.73 Å². The molecule has 0 saturated heterocycles. The molecule has 1 N–H and O–H groups in total. The van der Waals surface area contributed by atoms with Crippen LogP contribution in [-0.4, -0.2) is 41.4 Å². The van der Waals surface area contributed by atoms with Gasteiger partial charge in [0.25, 0.3) is 5.91 Å². The molecule has 0 saturated carbocycles. The number of benzene rings is 1. The number of amides is 1. The standard InChI is InChI=1S/C20H22ClFN6O2S/c1-4-31(30,5-2)27-17-6-7-18(23-11-17)28-19(24-12-25-28)13(3)26-20(29)14-8-15(21)10-16(22)9-14/h6-13H,4-5H2,1-3H3,(H,26,29)/t13-/m0/s1. The second-order valence-electron chi connectivity index (χ2n) is 6.70. The lowest BCUT2D eigenvalue weighted by Gasteiger charge is -2.14. The lowest BCUT2D eigenvalue weighted by molar-refractivity contribution is 0.0937. The number of aromatic nitrogens is 4. The molecule has 3 rings (SSSR count). The van der Waals surface area contributed by atoms with Gasteiger partial charge < -0.3 is 5.32 Å². The van der Waals surface area contributed by atoms with E-state index in [0.29, 0.717) is 28.8 Å². The van der Waals surface area contributed by atoms with Crippen molar-refractivity contribution in [3.05, 3.63) is 65.1 Å². The van der Waals surface area contributed by atoms with Crippen LogP contribution in [0.2, 0.25) is 5.02 Å². The highest BCUT2D eigenvalue weighted by atomic mass is 35.5. The highest BCUT2D eigenvalue weighted by molar-refractivity contribution is 7.93. The van der Waals surface area contributed by atoms with Gasteiger partial charge in [-0.25, -0.2) is 18.6 Å². The first-order valence-electron chi connectivity index (χ1n) is 9.60. The van der Waals surface area contributed by atoms with E-state index in [4.69, 9.17) is 11.6 Å². The molecule has 1 atom stereocenters. The number of nitrogens with zero attached hydrogens (tertiary/aromatic N) is 5. The molecule has 0 aliphatic carbocycles. The summed E-state index contributed by atoms with van der Waals surface area (Å²) in [7, 11) is -2.29. The molecule has 3 aromatic rings. The van der Waals surface area contributed by atoms with Gasteiger partial charge in [0, 0.05) is 22.1 Å². The highest BCUT2D eigenvalue weighted by Gasteiger charge is 2.19. The second kappa shape index (κ2) is 9.52. The zero-order valence-electron chi connectivity index (χ0n) is 17.2. The Morgan fingerprint density at radius 2 is 2.00 bits per heavy atom. The van der Waals surface area contributed by atoms with Crippen LogP contribution < -0.4 is 5.32 Å². The summed E-state index contributed by atoms with van der Waals surface area (Å²) in [4.78, 5) is 21.0. The summed E-state index contributed by atoms with van der Waals surface area (Å²) in [5, 5.41) is 7.06. The fourth-order valence-electron chi connectivity index (χ4n) is 2.83. The van der Waals surface area contributed by atoms with E-state index in [1.807, 2.05) is 13.8 Å². The Balaban J connectivity index is 1.82. The lowest BCUT2D eigenvalue weighted by atomic mass is 10.2. The number of nitrogens with one attached hydrogen (secondary N) is 1. The average molecular weight is 465 g/mol. The Hall–Kier alpha value is -2.85. The fraction of sp³-hybridized carbons (Fsp3) is 0.300. The minimum atomic E-state index is -2.29. The summed E-state index contributed by atoms with van der Waals surface area (Å²) in [6.45, 7) is 5.40. The van der Waals surface area contributed by atoms with Crippen LogP contribution in [0.1, 0.15) is 43.0 Å². The molecule has 0 aliphatic heterocycles. The van der Waals surface area contributed by atoms with Crippen LogP contribution in [0.15, 0.2) is 47.2 Å². The largest absolute Gasteiger partial charge is 0.342 e. The molecule has 164 valence electrons. The van der Waals surface area contributed by atoms with Crippen molar-refractivity contribution < 1.29 is 13.4 Å². The lowest BCUT2D eigenvalue weighted by Crippen LogP contribution is -2.29. The number of halogens is 2. The minimum absolute atomic E-state index is 0.0995. The van der Waals surface area contributed by atoms with E-state index >= 15 is 0 Å². The molecule has 2 heterocycles. The molecular formula is C20H22ClFN6O2S. The first kappa shape index (κ1) is 22.8. The topological polar surface area (TPSA) is 102 Å². The summed E-state index contributed by atoms with van der Waals surface area (Å²) in [5.41, 5.74) is 0.617. The van der Waals surface area contributed by atoms with Crippen molar-refractivity contribution in [2.75, 3.05) is 11.5 Å². The molecule has 11 heteroatoms.